The van der Waals surface area contributed by atoms with Gasteiger partial charge >= 0.3 is 6.16 Å². The zero-order chi connectivity index (χ0) is 28.9. The lowest BCUT2D eigenvalue weighted by Crippen LogP contribution is -2.49. The first-order valence-electron chi connectivity index (χ1n) is 13.6. The van der Waals surface area contributed by atoms with Crippen LogP contribution in [0.3, 0.4) is 0 Å². The maximum atomic E-state index is 13.9. The second-order valence-electron chi connectivity index (χ2n) is 9.76. The number of tetrazole rings is 1. The molecule has 1 aromatic carbocycles. The third-order valence-corrected chi connectivity index (χ3v) is 6.94. The van der Waals surface area contributed by atoms with Crippen molar-refractivity contribution in [3.63, 3.8) is 0 Å². The molecule has 1 aliphatic heterocycles. The highest BCUT2D eigenvalue weighted by atomic mass is 16.7. The summed E-state index contributed by atoms with van der Waals surface area (Å²) in [4.78, 5) is 33.1. The summed E-state index contributed by atoms with van der Waals surface area (Å²) in [5, 5.41) is 20.4. The molecule has 1 unspecified atom stereocenters. The standard InChI is InChI=1S/C28H33N9O4/c1-5-40-28(39)41-19(3)37-33-25(32-34-37)24-23(17-31-35(24)4)20-10-12-21(13-11-20)27(38)36(22-9-7-14-29-16-22)26-18(2)8-6-15-30-26/h6,8,10-13,15,17,19,22,29H,5,7,9,14,16H2,1-4H3/t19-,22?/m0/s1. The Kier molecular flexibility index (Phi) is 8.34. The molecule has 13 nitrogen and oxygen atoms in total. The van der Waals surface area contributed by atoms with Crippen molar-refractivity contribution in [1.82, 2.24) is 40.3 Å². The van der Waals surface area contributed by atoms with Crippen LogP contribution in [-0.2, 0) is 16.5 Å². The van der Waals surface area contributed by atoms with Gasteiger partial charge in [0.05, 0.1) is 18.8 Å². The van der Waals surface area contributed by atoms with Crippen LogP contribution >= 0.6 is 0 Å². The van der Waals surface area contributed by atoms with Crippen molar-refractivity contribution < 1.29 is 19.1 Å². The van der Waals surface area contributed by atoms with E-state index in [4.69, 9.17) is 9.47 Å². The molecule has 0 aliphatic carbocycles. The molecule has 214 valence electrons. The summed E-state index contributed by atoms with van der Waals surface area (Å²) >= 11 is 0. The van der Waals surface area contributed by atoms with Crippen LogP contribution in [0.4, 0.5) is 10.6 Å². The number of nitrogens with zero attached hydrogens (tertiary/aromatic N) is 8. The number of ether oxygens (including phenoxy) is 2. The molecule has 3 aromatic heterocycles. The molecule has 41 heavy (non-hydrogen) atoms. The summed E-state index contributed by atoms with van der Waals surface area (Å²) in [6.07, 6.45) is 3.70. The number of nitrogens with one attached hydrogen (secondary N) is 1. The number of benzene rings is 1. The smallest absolute Gasteiger partial charge is 0.435 e. The van der Waals surface area contributed by atoms with E-state index in [-0.39, 0.29) is 18.6 Å². The average Bonchev–Trinajstić information content (AvgIpc) is 3.62. The van der Waals surface area contributed by atoms with E-state index in [1.54, 1.807) is 38.0 Å². The van der Waals surface area contributed by atoms with Gasteiger partial charge in [-0.2, -0.15) is 5.10 Å². The van der Waals surface area contributed by atoms with Crippen LogP contribution in [0.5, 0.6) is 0 Å². The minimum atomic E-state index is -0.817. The molecule has 0 saturated carbocycles. The molecule has 0 spiro atoms. The Morgan fingerprint density at radius 3 is 2.73 bits per heavy atom. The number of carbonyl (C=O) groups is 2. The van der Waals surface area contributed by atoms with Crippen molar-refractivity contribution in [2.45, 2.75) is 45.9 Å². The molecule has 1 N–H and O–H groups in total. The number of carbonyl (C=O) groups excluding carboxylic acids is 2. The van der Waals surface area contributed by atoms with E-state index >= 15 is 0 Å². The lowest BCUT2D eigenvalue weighted by Gasteiger charge is -2.34. The van der Waals surface area contributed by atoms with Crippen LogP contribution in [0, 0.1) is 6.92 Å². The summed E-state index contributed by atoms with van der Waals surface area (Å²) in [5.41, 5.74) is 3.72. The number of pyridine rings is 1. The molecule has 1 aliphatic rings. The number of hydrogen-bond acceptors (Lipinski definition) is 10. The fourth-order valence-electron chi connectivity index (χ4n) is 4.88. The summed E-state index contributed by atoms with van der Waals surface area (Å²) in [5.74, 6) is 0.889. The number of aromatic nitrogens is 7. The first kappa shape index (κ1) is 27.9. The van der Waals surface area contributed by atoms with Gasteiger partial charge in [0.15, 0.2) is 0 Å². The maximum absolute atomic E-state index is 13.9. The molecule has 1 amide bonds. The van der Waals surface area contributed by atoms with E-state index in [0.29, 0.717) is 22.9 Å². The van der Waals surface area contributed by atoms with Crippen LogP contribution in [0.25, 0.3) is 22.6 Å². The molecule has 13 heteroatoms. The summed E-state index contributed by atoms with van der Waals surface area (Å²) < 4.78 is 11.6. The fraction of sp³-hybridized carbons (Fsp3) is 0.393. The highest BCUT2D eigenvalue weighted by Gasteiger charge is 2.30. The van der Waals surface area contributed by atoms with Gasteiger partial charge in [0.25, 0.3) is 5.91 Å². The number of rotatable bonds is 8. The van der Waals surface area contributed by atoms with Gasteiger partial charge < -0.3 is 14.8 Å². The molecule has 1 fully saturated rings. The lowest BCUT2D eigenvalue weighted by atomic mass is 10.0. The minimum Gasteiger partial charge on any atom is -0.435 e. The minimum absolute atomic E-state index is 0.0124. The third-order valence-electron chi connectivity index (χ3n) is 6.94. The van der Waals surface area contributed by atoms with Crippen molar-refractivity contribution >= 4 is 17.9 Å². The van der Waals surface area contributed by atoms with Gasteiger partial charge in [-0.1, -0.05) is 18.2 Å². The number of piperidine rings is 1. The van der Waals surface area contributed by atoms with Crippen LogP contribution in [0.1, 0.15) is 48.8 Å². The Hall–Kier alpha value is -4.65. The van der Waals surface area contributed by atoms with E-state index < -0.39 is 12.4 Å². The van der Waals surface area contributed by atoms with Crippen molar-refractivity contribution in [3.8, 4) is 22.6 Å². The molecule has 4 aromatic rings. The Balaban J connectivity index is 1.40. The van der Waals surface area contributed by atoms with Crippen molar-refractivity contribution in [3.05, 3.63) is 59.9 Å². The number of anilines is 1. The van der Waals surface area contributed by atoms with Crippen molar-refractivity contribution in [2.75, 3.05) is 24.6 Å². The molecule has 2 atom stereocenters. The monoisotopic (exact) mass is 559 g/mol. The van der Waals surface area contributed by atoms with E-state index in [2.05, 4.69) is 30.8 Å². The van der Waals surface area contributed by atoms with Gasteiger partial charge in [-0.15, -0.1) is 15.0 Å². The van der Waals surface area contributed by atoms with Gasteiger partial charge in [0.2, 0.25) is 12.1 Å². The predicted octanol–water partition coefficient (Wildman–Crippen LogP) is 3.53. The molecule has 1 saturated heterocycles. The van der Waals surface area contributed by atoms with Gasteiger partial charge in [0.1, 0.15) is 11.5 Å². The van der Waals surface area contributed by atoms with E-state index in [0.717, 1.165) is 42.6 Å². The molecule has 5 rings (SSSR count). The van der Waals surface area contributed by atoms with E-state index in [1.165, 1.54) is 4.80 Å². The zero-order valence-electron chi connectivity index (χ0n) is 23.5. The van der Waals surface area contributed by atoms with Crippen molar-refractivity contribution in [2.24, 2.45) is 7.05 Å². The zero-order valence-corrected chi connectivity index (χ0v) is 23.5. The second-order valence-corrected chi connectivity index (χ2v) is 9.76. The van der Waals surface area contributed by atoms with Gasteiger partial charge in [0, 0.05) is 30.9 Å². The fourth-order valence-corrected chi connectivity index (χ4v) is 4.88. The number of aryl methyl sites for hydroxylation is 2. The van der Waals surface area contributed by atoms with Crippen LogP contribution in [0.15, 0.2) is 48.8 Å². The average molecular weight is 560 g/mol. The van der Waals surface area contributed by atoms with Gasteiger partial charge in [-0.25, -0.2) is 9.78 Å². The van der Waals surface area contributed by atoms with E-state index in [9.17, 15) is 9.59 Å². The normalized spacial score (nSPS) is 15.8. The largest absolute Gasteiger partial charge is 0.510 e. The van der Waals surface area contributed by atoms with Gasteiger partial charge in [-0.3, -0.25) is 14.4 Å². The SMILES string of the molecule is CCOC(=O)O[C@@H](C)n1nnc(-c2c(-c3ccc(C(=O)N(c4ncccc4C)C4CCCNC4)cc3)cnn2C)n1. The topological polar surface area (TPSA) is 142 Å². The van der Waals surface area contributed by atoms with Crippen LogP contribution in [0.2, 0.25) is 0 Å². The predicted molar refractivity (Wildman–Crippen MR) is 150 cm³/mol. The highest BCUT2D eigenvalue weighted by Crippen LogP contribution is 2.31. The van der Waals surface area contributed by atoms with E-state index in [1.807, 2.05) is 48.2 Å². The van der Waals surface area contributed by atoms with Crippen LogP contribution < -0.4 is 10.2 Å². The summed E-state index contributed by atoms with van der Waals surface area (Å²) in [6.45, 7) is 7.14. The lowest BCUT2D eigenvalue weighted by molar-refractivity contribution is -0.00514. The number of hydrogen-bond donors (Lipinski definition) is 1. The van der Waals surface area contributed by atoms with Crippen LogP contribution in [-0.4, -0.2) is 72.8 Å². The Labute approximate surface area is 237 Å². The molecule has 0 bridgehead atoms. The molecule has 4 heterocycles. The second kappa shape index (κ2) is 12.3. The molecule has 0 radical (unpaired) electrons. The summed E-state index contributed by atoms with van der Waals surface area (Å²) in [6, 6.07) is 11.3. The summed E-state index contributed by atoms with van der Waals surface area (Å²) in [7, 11) is 1.78. The quantitative estimate of drug-likeness (QED) is 0.319. The molecular formula is C28H33N9O4. The first-order chi connectivity index (χ1) is 19.9. The first-order valence-corrected chi connectivity index (χ1v) is 13.6. The Morgan fingerprint density at radius 2 is 2.02 bits per heavy atom. The Bertz CT molecular complexity index is 1510. The maximum Gasteiger partial charge on any atom is 0.510 e. The Morgan fingerprint density at radius 1 is 1.22 bits per heavy atom. The number of amides is 1. The van der Waals surface area contributed by atoms with Crippen molar-refractivity contribution in [1.29, 1.82) is 0 Å². The molecular weight excluding hydrogens is 526 g/mol. The van der Waals surface area contributed by atoms with Gasteiger partial charge in [-0.05, 0) is 74.7 Å². The third kappa shape index (κ3) is 5.94. The highest BCUT2D eigenvalue weighted by molar-refractivity contribution is 6.06.